The van der Waals surface area contributed by atoms with Gasteiger partial charge in [0.05, 0.1) is 0 Å². The average Bonchev–Trinajstić information content (AvgIpc) is 2.34. The molecule has 0 saturated carbocycles. The van der Waals surface area contributed by atoms with E-state index in [2.05, 4.69) is 26.2 Å². The second kappa shape index (κ2) is 5.06. The Morgan fingerprint density at radius 1 is 1.50 bits per heavy atom. The van der Waals surface area contributed by atoms with E-state index >= 15 is 0 Å². The third kappa shape index (κ3) is 2.53. The van der Waals surface area contributed by atoms with Gasteiger partial charge in [-0.25, -0.2) is 4.98 Å². The molecule has 0 aromatic carbocycles. The first-order valence-electron chi connectivity index (χ1n) is 5.68. The average molecular weight is 312 g/mol. The zero-order chi connectivity index (χ0) is 13.3. The molecule has 1 aliphatic rings. The molecule has 6 heteroatoms. The quantitative estimate of drug-likeness (QED) is 0.845. The second-order valence-electron chi connectivity index (χ2n) is 4.35. The summed E-state index contributed by atoms with van der Waals surface area (Å²) in [6, 6.07) is 1.49. The van der Waals surface area contributed by atoms with Gasteiger partial charge in [-0.15, -0.1) is 0 Å². The molecule has 96 valence electrons. The number of aromatic nitrogens is 1. The molecule has 0 bridgehead atoms. The molecule has 1 aromatic heterocycles. The summed E-state index contributed by atoms with van der Waals surface area (Å²) < 4.78 is 0.926. The molecular weight excluding hydrogens is 298 g/mol. The minimum absolute atomic E-state index is 0.127. The van der Waals surface area contributed by atoms with Gasteiger partial charge in [0.25, 0.3) is 5.91 Å². The summed E-state index contributed by atoms with van der Waals surface area (Å²) in [7, 11) is 1.51. The Morgan fingerprint density at radius 3 is 2.89 bits per heavy atom. The number of hydrogen-bond donors (Lipinski definition) is 1. The van der Waals surface area contributed by atoms with Crippen molar-refractivity contribution in [2.45, 2.75) is 25.8 Å². The standard InChI is InChI=1S/C12H14BrN3O2/c1-7-5-10(14-6-8(7)13)15-9-3-4-11(17)16(2)12(9)18/h5-6,9H,3-4H2,1-2H3,(H,14,15). The Morgan fingerprint density at radius 2 is 2.22 bits per heavy atom. The molecule has 0 radical (unpaired) electrons. The van der Waals surface area contributed by atoms with E-state index in [0.29, 0.717) is 18.7 Å². The van der Waals surface area contributed by atoms with Crippen molar-refractivity contribution in [1.82, 2.24) is 9.88 Å². The summed E-state index contributed by atoms with van der Waals surface area (Å²) in [6.45, 7) is 1.95. The predicted octanol–water partition coefficient (Wildman–Crippen LogP) is 1.71. The highest BCUT2D eigenvalue weighted by Crippen LogP contribution is 2.20. The topological polar surface area (TPSA) is 62.3 Å². The van der Waals surface area contributed by atoms with Crippen LogP contribution in [0.2, 0.25) is 0 Å². The van der Waals surface area contributed by atoms with Crippen molar-refractivity contribution < 1.29 is 9.59 Å². The fraction of sp³-hybridized carbons (Fsp3) is 0.417. The van der Waals surface area contributed by atoms with Crippen molar-refractivity contribution in [2.75, 3.05) is 12.4 Å². The predicted molar refractivity (Wildman–Crippen MR) is 71.1 cm³/mol. The number of hydrogen-bond acceptors (Lipinski definition) is 4. The number of carbonyl (C=O) groups excluding carboxylic acids is 2. The van der Waals surface area contributed by atoms with Crippen LogP contribution in [0.4, 0.5) is 5.82 Å². The number of pyridine rings is 1. The van der Waals surface area contributed by atoms with Gasteiger partial charge in [-0.3, -0.25) is 14.5 Å². The van der Waals surface area contributed by atoms with Crippen LogP contribution in [0.25, 0.3) is 0 Å². The van der Waals surface area contributed by atoms with Gasteiger partial charge in [-0.1, -0.05) is 0 Å². The van der Waals surface area contributed by atoms with Gasteiger partial charge < -0.3 is 5.32 Å². The summed E-state index contributed by atoms with van der Waals surface area (Å²) in [5.74, 6) is 0.323. The first-order valence-corrected chi connectivity index (χ1v) is 6.47. The molecule has 1 N–H and O–H groups in total. The Kier molecular flexibility index (Phi) is 3.65. The Labute approximate surface area is 114 Å². The van der Waals surface area contributed by atoms with Crippen molar-refractivity contribution in [3.8, 4) is 0 Å². The Balaban J connectivity index is 2.11. The molecule has 2 rings (SSSR count). The summed E-state index contributed by atoms with van der Waals surface area (Å²) >= 11 is 3.37. The van der Waals surface area contributed by atoms with E-state index in [0.717, 1.165) is 10.0 Å². The normalized spacial score (nSPS) is 20.2. The number of carbonyl (C=O) groups is 2. The molecule has 2 amide bonds. The zero-order valence-electron chi connectivity index (χ0n) is 10.2. The number of rotatable bonds is 2. The van der Waals surface area contributed by atoms with Gasteiger partial charge in [0.1, 0.15) is 11.9 Å². The van der Waals surface area contributed by atoms with Crippen molar-refractivity contribution in [3.63, 3.8) is 0 Å². The molecule has 1 fully saturated rings. The highest BCUT2D eigenvalue weighted by atomic mass is 79.9. The first-order chi connectivity index (χ1) is 8.49. The van der Waals surface area contributed by atoms with Crippen molar-refractivity contribution in [1.29, 1.82) is 0 Å². The highest BCUT2D eigenvalue weighted by molar-refractivity contribution is 9.10. The van der Waals surface area contributed by atoms with Crippen LogP contribution in [0.3, 0.4) is 0 Å². The number of imide groups is 1. The smallest absolute Gasteiger partial charge is 0.251 e. The third-order valence-corrected chi connectivity index (χ3v) is 3.85. The monoisotopic (exact) mass is 311 g/mol. The molecule has 1 aliphatic heterocycles. The summed E-state index contributed by atoms with van der Waals surface area (Å²) in [5.41, 5.74) is 1.04. The lowest BCUT2D eigenvalue weighted by molar-refractivity contribution is -0.146. The summed E-state index contributed by atoms with van der Waals surface area (Å²) in [5, 5.41) is 3.07. The van der Waals surface area contributed by atoms with E-state index in [4.69, 9.17) is 0 Å². The number of halogens is 1. The van der Waals surface area contributed by atoms with Crippen LogP contribution < -0.4 is 5.32 Å². The molecule has 0 spiro atoms. The summed E-state index contributed by atoms with van der Waals surface area (Å²) in [4.78, 5) is 28.6. The van der Waals surface area contributed by atoms with Crippen LogP contribution in [0.1, 0.15) is 18.4 Å². The van der Waals surface area contributed by atoms with E-state index < -0.39 is 0 Å². The number of aryl methyl sites for hydroxylation is 1. The van der Waals surface area contributed by atoms with Crippen LogP contribution in [-0.4, -0.2) is 34.8 Å². The number of anilines is 1. The van der Waals surface area contributed by atoms with Crippen LogP contribution in [0.5, 0.6) is 0 Å². The maximum Gasteiger partial charge on any atom is 0.251 e. The number of nitrogens with zero attached hydrogens (tertiary/aromatic N) is 2. The molecule has 1 aromatic rings. The molecule has 5 nitrogen and oxygen atoms in total. The number of likely N-dealkylation sites (N-methyl/N-ethyl adjacent to an activating group) is 1. The van der Waals surface area contributed by atoms with Crippen LogP contribution in [-0.2, 0) is 9.59 Å². The number of nitrogens with one attached hydrogen (secondary N) is 1. The maximum absolute atomic E-state index is 11.9. The molecule has 18 heavy (non-hydrogen) atoms. The molecule has 0 aliphatic carbocycles. The first kappa shape index (κ1) is 13.0. The lowest BCUT2D eigenvalue weighted by Gasteiger charge is -2.28. The third-order valence-electron chi connectivity index (χ3n) is 3.02. The fourth-order valence-electron chi connectivity index (χ4n) is 1.85. The minimum atomic E-state index is -0.374. The molecular formula is C12H14BrN3O2. The van der Waals surface area contributed by atoms with Gasteiger partial charge in [0, 0.05) is 24.1 Å². The Bertz CT molecular complexity index is 504. The van der Waals surface area contributed by atoms with E-state index in [1.165, 1.54) is 11.9 Å². The van der Waals surface area contributed by atoms with Crippen LogP contribution in [0.15, 0.2) is 16.7 Å². The molecule has 1 saturated heterocycles. The van der Waals surface area contributed by atoms with Gasteiger partial charge in [0.15, 0.2) is 0 Å². The number of piperidine rings is 1. The molecule has 1 unspecified atom stereocenters. The van der Waals surface area contributed by atoms with Crippen LogP contribution >= 0.6 is 15.9 Å². The van der Waals surface area contributed by atoms with Gasteiger partial charge in [-0.2, -0.15) is 0 Å². The summed E-state index contributed by atoms with van der Waals surface area (Å²) in [6.07, 6.45) is 2.59. The van der Waals surface area contributed by atoms with E-state index in [9.17, 15) is 9.59 Å². The van der Waals surface area contributed by atoms with Gasteiger partial charge >= 0.3 is 0 Å². The van der Waals surface area contributed by atoms with Crippen molar-refractivity contribution in [3.05, 3.63) is 22.3 Å². The number of likely N-dealkylation sites (tertiary alicyclic amines) is 1. The largest absolute Gasteiger partial charge is 0.358 e. The van der Waals surface area contributed by atoms with Crippen molar-refractivity contribution in [2.24, 2.45) is 0 Å². The lowest BCUT2D eigenvalue weighted by atomic mass is 10.0. The van der Waals surface area contributed by atoms with Crippen LogP contribution in [0, 0.1) is 6.92 Å². The Hall–Kier alpha value is -1.43. The molecule has 2 heterocycles. The molecule has 1 atom stereocenters. The van der Waals surface area contributed by atoms with Gasteiger partial charge in [0.2, 0.25) is 5.91 Å². The fourth-order valence-corrected chi connectivity index (χ4v) is 2.06. The maximum atomic E-state index is 11.9. The minimum Gasteiger partial charge on any atom is -0.358 e. The van der Waals surface area contributed by atoms with E-state index in [1.54, 1.807) is 6.20 Å². The lowest BCUT2D eigenvalue weighted by Crippen LogP contribution is -2.48. The van der Waals surface area contributed by atoms with Gasteiger partial charge in [-0.05, 0) is 40.9 Å². The highest BCUT2D eigenvalue weighted by Gasteiger charge is 2.31. The second-order valence-corrected chi connectivity index (χ2v) is 5.20. The zero-order valence-corrected chi connectivity index (χ0v) is 11.8. The SMILES string of the molecule is Cc1cc(NC2CCC(=O)N(C)C2=O)ncc1Br. The van der Waals surface area contributed by atoms with E-state index in [1.807, 2.05) is 13.0 Å². The van der Waals surface area contributed by atoms with E-state index in [-0.39, 0.29) is 17.9 Å². The van der Waals surface area contributed by atoms with Crippen molar-refractivity contribution >= 4 is 33.6 Å². The number of amides is 2.